The summed E-state index contributed by atoms with van der Waals surface area (Å²) in [5, 5.41) is 2.89. The third-order valence-corrected chi connectivity index (χ3v) is 7.29. The van der Waals surface area contributed by atoms with Crippen LogP contribution in [0.15, 0.2) is 23.1 Å². The van der Waals surface area contributed by atoms with Gasteiger partial charge in [0.2, 0.25) is 10.0 Å². The predicted molar refractivity (Wildman–Crippen MR) is 107 cm³/mol. The fraction of sp³-hybridized carbons (Fsp3) is 0.600. The first kappa shape index (κ1) is 22.4. The van der Waals surface area contributed by atoms with Gasteiger partial charge in [-0.25, -0.2) is 13.2 Å². The van der Waals surface area contributed by atoms with Crippen LogP contribution in [-0.4, -0.2) is 49.8 Å². The molecule has 2 rings (SSSR count). The number of benzene rings is 1. The molecule has 1 atom stereocenters. The number of nitrogens with one attached hydrogen (secondary N) is 1. The molecule has 7 nitrogen and oxygen atoms in total. The van der Waals surface area contributed by atoms with E-state index >= 15 is 0 Å². The number of amides is 1. The van der Waals surface area contributed by atoms with Crippen molar-refractivity contribution in [3.8, 4) is 0 Å². The van der Waals surface area contributed by atoms with E-state index in [2.05, 4.69) is 5.32 Å². The molecule has 1 fully saturated rings. The summed E-state index contributed by atoms with van der Waals surface area (Å²) in [6.07, 6.45) is 3.11. The van der Waals surface area contributed by atoms with Crippen LogP contribution in [0.4, 0.5) is 0 Å². The molecule has 8 heteroatoms. The highest BCUT2D eigenvalue weighted by Crippen LogP contribution is 2.22. The molecule has 1 aliphatic carbocycles. The van der Waals surface area contributed by atoms with Gasteiger partial charge < -0.3 is 10.1 Å². The molecule has 0 heterocycles. The van der Waals surface area contributed by atoms with E-state index in [4.69, 9.17) is 4.74 Å². The Morgan fingerprint density at radius 3 is 2.39 bits per heavy atom. The molecule has 28 heavy (non-hydrogen) atoms. The lowest BCUT2D eigenvalue weighted by Crippen LogP contribution is -2.40. The van der Waals surface area contributed by atoms with Crippen molar-refractivity contribution in [1.82, 2.24) is 9.62 Å². The Morgan fingerprint density at radius 1 is 1.21 bits per heavy atom. The van der Waals surface area contributed by atoms with Crippen LogP contribution in [0.3, 0.4) is 0 Å². The van der Waals surface area contributed by atoms with E-state index in [0.29, 0.717) is 18.7 Å². The van der Waals surface area contributed by atoms with Gasteiger partial charge in [-0.15, -0.1) is 0 Å². The van der Waals surface area contributed by atoms with E-state index in [-0.39, 0.29) is 22.4 Å². The molecule has 0 unspecified atom stereocenters. The molecule has 0 radical (unpaired) electrons. The van der Waals surface area contributed by atoms with Gasteiger partial charge >= 0.3 is 5.97 Å². The number of rotatable bonds is 8. The molecular formula is C20H30N2O5S. The van der Waals surface area contributed by atoms with Gasteiger partial charge in [-0.2, -0.15) is 4.31 Å². The second kappa shape index (κ2) is 9.52. The van der Waals surface area contributed by atoms with Gasteiger partial charge in [-0.3, -0.25) is 4.79 Å². The maximum atomic E-state index is 12.8. The van der Waals surface area contributed by atoms with Gasteiger partial charge in [0, 0.05) is 19.1 Å². The molecule has 1 aliphatic rings. The van der Waals surface area contributed by atoms with Crippen LogP contribution in [0.1, 0.15) is 62.4 Å². The Balaban J connectivity index is 2.14. The molecule has 0 aromatic heterocycles. The molecule has 1 aromatic rings. The Kier molecular flexibility index (Phi) is 7.60. The fourth-order valence-electron chi connectivity index (χ4n) is 3.38. The standard InChI is InChI=1S/C20H30N2O5S/c1-5-22(6-2)28(25,26)18-13-16(12-11-14(18)3)20(24)27-15(4)19(23)21-17-9-7-8-10-17/h11-13,15,17H,5-10H2,1-4H3,(H,21,23)/t15-/m1/s1. The first-order chi connectivity index (χ1) is 13.2. The van der Waals surface area contributed by atoms with Crippen molar-refractivity contribution < 1.29 is 22.7 Å². The molecule has 0 spiro atoms. The molecule has 1 saturated carbocycles. The number of hydrogen-bond acceptors (Lipinski definition) is 5. The van der Waals surface area contributed by atoms with Gasteiger partial charge in [0.05, 0.1) is 10.5 Å². The lowest BCUT2D eigenvalue weighted by atomic mass is 10.1. The summed E-state index contributed by atoms with van der Waals surface area (Å²) in [7, 11) is -3.70. The van der Waals surface area contributed by atoms with Crippen LogP contribution in [0.25, 0.3) is 0 Å². The van der Waals surface area contributed by atoms with E-state index < -0.39 is 22.1 Å². The minimum Gasteiger partial charge on any atom is -0.449 e. The zero-order valence-electron chi connectivity index (χ0n) is 17.0. The van der Waals surface area contributed by atoms with Crippen LogP contribution in [0.2, 0.25) is 0 Å². The van der Waals surface area contributed by atoms with Gasteiger partial charge in [0.1, 0.15) is 0 Å². The highest BCUT2D eigenvalue weighted by Gasteiger charge is 2.27. The van der Waals surface area contributed by atoms with Gasteiger partial charge in [-0.05, 0) is 44.4 Å². The summed E-state index contributed by atoms with van der Waals surface area (Å²) in [4.78, 5) is 24.8. The van der Waals surface area contributed by atoms with E-state index in [9.17, 15) is 18.0 Å². The number of aryl methyl sites for hydroxylation is 1. The zero-order valence-corrected chi connectivity index (χ0v) is 17.8. The first-order valence-corrected chi connectivity index (χ1v) is 11.3. The SMILES string of the molecule is CCN(CC)S(=O)(=O)c1cc(C(=O)O[C@H](C)C(=O)NC2CCCC2)ccc1C. The minimum absolute atomic E-state index is 0.0775. The van der Waals surface area contributed by atoms with Gasteiger partial charge in [0.15, 0.2) is 6.10 Å². The average molecular weight is 411 g/mol. The van der Waals surface area contributed by atoms with Crippen molar-refractivity contribution >= 4 is 21.9 Å². The van der Waals surface area contributed by atoms with E-state index in [1.54, 1.807) is 26.8 Å². The number of hydrogen-bond donors (Lipinski definition) is 1. The maximum absolute atomic E-state index is 12.8. The van der Waals surface area contributed by atoms with Crippen LogP contribution in [-0.2, 0) is 19.6 Å². The monoisotopic (exact) mass is 410 g/mol. The normalized spacial score (nSPS) is 16.2. The number of carbonyl (C=O) groups excluding carboxylic acids is 2. The van der Waals surface area contributed by atoms with Gasteiger partial charge in [-0.1, -0.05) is 32.8 Å². The number of sulfonamides is 1. The maximum Gasteiger partial charge on any atom is 0.338 e. The summed E-state index contributed by atoms with van der Waals surface area (Å²) in [5.41, 5.74) is 0.660. The summed E-state index contributed by atoms with van der Waals surface area (Å²) in [5.74, 6) is -1.05. The molecular weight excluding hydrogens is 380 g/mol. The number of nitrogens with zero attached hydrogens (tertiary/aromatic N) is 1. The van der Waals surface area contributed by atoms with Crippen molar-refractivity contribution in [2.24, 2.45) is 0 Å². The quantitative estimate of drug-likeness (QED) is 0.665. The minimum atomic E-state index is -3.70. The number of ether oxygens (including phenoxy) is 1. The largest absolute Gasteiger partial charge is 0.449 e. The lowest BCUT2D eigenvalue weighted by molar-refractivity contribution is -0.129. The topological polar surface area (TPSA) is 92.8 Å². The Labute approximate surface area is 167 Å². The highest BCUT2D eigenvalue weighted by molar-refractivity contribution is 7.89. The molecule has 1 aromatic carbocycles. The molecule has 156 valence electrons. The molecule has 1 amide bonds. The Morgan fingerprint density at radius 2 is 1.82 bits per heavy atom. The summed E-state index contributed by atoms with van der Waals surface area (Å²) in [6.45, 7) is 7.40. The van der Waals surface area contributed by atoms with E-state index in [1.165, 1.54) is 23.4 Å². The van der Waals surface area contributed by atoms with Crippen LogP contribution >= 0.6 is 0 Å². The van der Waals surface area contributed by atoms with Crippen molar-refractivity contribution in [3.63, 3.8) is 0 Å². The third kappa shape index (κ3) is 5.11. The molecule has 0 bridgehead atoms. The second-order valence-corrected chi connectivity index (χ2v) is 9.01. The smallest absolute Gasteiger partial charge is 0.338 e. The lowest BCUT2D eigenvalue weighted by Gasteiger charge is -2.20. The zero-order chi connectivity index (χ0) is 20.9. The third-order valence-electron chi connectivity index (χ3n) is 5.10. The van der Waals surface area contributed by atoms with Crippen molar-refractivity contribution in [1.29, 1.82) is 0 Å². The number of carbonyl (C=O) groups is 2. The van der Waals surface area contributed by atoms with Crippen molar-refractivity contribution in [2.45, 2.75) is 70.4 Å². The Bertz CT molecular complexity index is 812. The van der Waals surface area contributed by atoms with Crippen LogP contribution in [0, 0.1) is 6.92 Å². The van der Waals surface area contributed by atoms with Crippen molar-refractivity contribution in [2.75, 3.05) is 13.1 Å². The second-order valence-electron chi connectivity index (χ2n) is 7.11. The highest BCUT2D eigenvalue weighted by atomic mass is 32.2. The fourth-order valence-corrected chi connectivity index (χ4v) is 5.09. The van der Waals surface area contributed by atoms with E-state index in [1.807, 2.05) is 0 Å². The Hall–Kier alpha value is -1.93. The summed E-state index contributed by atoms with van der Waals surface area (Å²) in [6, 6.07) is 4.56. The predicted octanol–water partition coefficient (Wildman–Crippen LogP) is 2.63. The van der Waals surface area contributed by atoms with Gasteiger partial charge in [0.25, 0.3) is 5.91 Å². The summed E-state index contributed by atoms with van der Waals surface area (Å²) < 4.78 is 32.3. The average Bonchev–Trinajstić information content (AvgIpc) is 3.15. The van der Waals surface area contributed by atoms with E-state index in [0.717, 1.165) is 25.7 Å². The first-order valence-electron chi connectivity index (χ1n) is 9.82. The summed E-state index contributed by atoms with van der Waals surface area (Å²) >= 11 is 0. The molecule has 0 saturated heterocycles. The van der Waals surface area contributed by atoms with Crippen LogP contribution in [0.5, 0.6) is 0 Å². The van der Waals surface area contributed by atoms with Crippen molar-refractivity contribution in [3.05, 3.63) is 29.3 Å². The number of esters is 1. The molecule has 0 aliphatic heterocycles. The molecule has 1 N–H and O–H groups in total. The van der Waals surface area contributed by atoms with Crippen LogP contribution < -0.4 is 5.32 Å².